The zero-order chi connectivity index (χ0) is 14.7. The van der Waals surface area contributed by atoms with Gasteiger partial charge >= 0.3 is 0 Å². The second-order valence-corrected chi connectivity index (χ2v) is 4.89. The topological polar surface area (TPSA) is 71.1 Å². The van der Waals surface area contributed by atoms with Crippen molar-refractivity contribution in [1.29, 1.82) is 0 Å². The standard InChI is InChI=1S/C16H15N3O2/c20-15-12(11-5-1-2-6-13(11)19-15)8-10-18-16(21)14-7-3-4-9-17-14/h1-7,9,12H,8,10H2,(H,18,21)(H,19,20). The van der Waals surface area contributed by atoms with E-state index in [1.54, 1.807) is 24.4 Å². The number of rotatable bonds is 4. The lowest BCUT2D eigenvalue weighted by atomic mass is 9.97. The molecule has 0 aliphatic carbocycles. The molecule has 0 radical (unpaired) electrons. The predicted molar refractivity (Wildman–Crippen MR) is 79.0 cm³/mol. The van der Waals surface area contributed by atoms with Crippen LogP contribution in [-0.4, -0.2) is 23.3 Å². The number of carbonyl (C=O) groups excluding carboxylic acids is 2. The number of hydrogen-bond donors (Lipinski definition) is 2. The Kier molecular flexibility index (Phi) is 3.64. The number of pyridine rings is 1. The smallest absolute Gasteiger partial charge is 0.269 e. The van der Waals surface area contributed by atoms with Gasteiger partial charge in [0.15, 0.2) is 0 Å². The maximum Gasteiger partial charge on any atom is 0.269 e. The summed E-state index contributed by atoms with van der Waals surface area (Å²) in [5, 5.41) is 5.65. The maximum absolute atomic E-state index is 11.9. The Balaban J connectivity index is 1.59. The zero-order valence-corrected chi connectivity index (χ0v) is 11.4. The number of nitrogens with one attached hydrogen (secondary N) is 2. The van der Waals surface area contributed by atoms with Crippen molar-refractivity contribution < 1.29 is 9.59 Å². The number of hydrogen-bond acceptors (Lipinski definition) is 3. The van der Waals surface area contributed by atoms with Gasteiger partial charge in [-0.3, -0.25) is 14.6 Å². The number of anilines is 1. The van der Waals surface area contributed by atoms with Crippen molar-refractivity contribution in [3.8, 4) is 0 Å². The highest BCUT2D eigenvalue weighted by atomic mass is 16.2. The fraction of sp³-hybridized carbons (Fsp3) is 0.188. The summed E-state index contributed by atoms with van der Waals surface area (Å²) in [5.74, 6) is -0.434. The van der Waals surface area contributed by atoms with Crippen LogP contribution in [0, 0.1) is 0 Å². The van der Waals surface area contributed by atoms with Crippen LogP contribution in [0.25, 0.3) is 0 Å². The molecule has 2 amide bonds. The van der Waals surface area contributed by atoms with Gasteiger partial charge in [-0.2, -0.15) is 0 Å². The number of para-hydroxylation sites is 1. The number of aromatic nitrogens is 1. The van der Waals surface area contributed by atoms with Gasteiger partial charge in [-0.15, -0.1) is 0 Å². The van der Waals surface area contributed by atoms with E-state index in [1.165, 1.54) is 0 Å². The predicted octanol–water partition coefficient (Wildman–Crippen LogP) is 1.94. The van der Waals surface area contributed by atoms with Crippen LogP contribution in [0.2, 0.25) is 0 Å². The number of carbonyl (C=O) groups is 2. The van der Waals surface area contributed by atoms with Crippen molar-refractivity contribution in [1.82, 2.24) is 10.3 Å². The Labute approximate surface area is 122 Å². The van der Waals surface area contributed by atoms with Crippen molar-refractivity contribution in [3.05, 3.63) is 59.9 Å². The molecule has 0 fully saturated rings. The fourth-order valence-corrected chi connectivity index (χ4v) is 2.48. The van der Waals surface area contributed by atoms with Crippen LogP contribution in [-0.2, 0) is 4.79 Å². The van der Waals surface area contributed by atoms with Crippen molar-refractivity contribution in [3.63, 3.8) is 0 Å². The van der Waals surface area contributed by atoms with Crippen LogP contribution >= 0.6 is 0 Å². The first-order chi connectivity index (χ1) is 10.3. The van der Waals surface area contributed by atoms with E-state index >= 15 is 0 Å². The van der Waals surface area contributed by atoms with E-state index in [0.717, 1.165) is 11.3 Å². The minimum atomic E-state index is -0.220. The molecule has 1 atom stereocenters. The van der Waals surface area contributed by atoms with Gasteiger partial charge in [0.1, 0.15) is 5.69 Å². The van der Waals surface area contributed by atoms with Crippen LogP contribution in [0.1, 0.15) is 28.4 Å². The SMILES string of the molecule is O=C(NCCC1C(=O)Nc2ccccc21)c1ccccn1. The molecule has 21 heavy (non-hydrogen) atoms. The molecule has 0 saturated heterocycles. The second kappa shape index (κ2) is 5.75. The van der Waals surface area contributed by atoms with E-state index in [1.807, 2.05) is 24.3 Å². The van der Waals surface area contributed by atoms with Gasteiger partial charge in [0.2, 0.25) is 5.91 Å². The number of nitrogens with zero attached hydrogens (tertiary/aromatic N) is 1. The number of benzene rings is 1. The van der Waals surface area contributed by atoms with E-state index in [0.29, 0.717) is 18.7 Å². The summed E-state index contributed by atoms with van der Waals surface area (Å²) in [6, 6.07) is 12.8. The van der Waals surface area contributed by atoms with Crippen LogP contribution in [0.3, 0.4) is 0 Å². The van der Waals surface area contributed by atoms with Gasteiger partial charge in [0, 0.05) is 18.4 Å². The summed E-state index contributed by atoms with van der Waals surface area (Å²) in [6.45, 7) is 0.432. The highest BCUT2D eigenvalue weighted by Crippen LogP contribution is 2.33. The molecule has 0 spiro atoms. The molecule has 2 aromatic rings. The van der Waals surface area contributed by atoms with Crippen LogP contribution in [0.15, 0.2) is 48.7 Å². The summed E-state index contributed by atoms with van der Waals surface area (Å²) < 4.78 is 0. The summed E-state index contributed by atoms with van der Waals surface area (Å²) in [7, 11) is 0. The maximum atomic E-state index is 11.9. The molecule has 0 saturated carbocycles. The van der Waals surface area contributed by atoms with Gasteiger partial charge in [-0.05, 0) is 30.2 Å². The molecule has 106 valence electrons. The van der Waals surface area contributed by atoms with E-state index in [-0.39, 0.29) is 17.7 Å². The van der Waals surface area contributed by atoms with Crippen molar-refractivity contribution >= 4 is 17.5 Å². The summed E-state index contributed by atoms with van der Waals surface area (Å²) in [5.41, 5.74) is 2.24. The minimum absolute atomic E-state index is 0.0108. The largest absolute Gasteiger partial charge is 0.351 e. The van der Waals surface area contributed by atoms with Crippen molar-refractivity contribution in [2.24, 2.45) is 0 Å². The average Bonchev–Trinajstić information content (AvgIpc) is 2.84. The van der Waals surface area contributed by atoms with E-state index in [4.69, 9.17) is 0 Å². The molecule has 1 aromatic carbocycles. The first-order valence-electron chi connectivity index (χ1n) is 6.85. The normalized spacial score (nSPS) is 16.2. The fourth-order valence-electron chi connectivity index (χ4n) is 2.48. The molecule has 5 nitrogen and oxygen atoms in total. The molecule has 1 aliphatic rings. The van der Waals surface area contributed by atoms with E-state index in [9.17, 15) is 9.59 Å². The first-order valence-corrected chi connectivity index (χ1v) is 6.85. The molecule has 1 unspecified atom stereocenters. The molecule has 0 bridgehead atoms. The summed E-state index contributed by atoms with van der Waals surface area (Å²) >= 11 is 0. The third-order valence-corrected chi connectivity index (χ3v) is 3.53. The minimum Gasteiger partial charge on any atom is -0.351 e. The van der Waals surface area contributed by atoms with Crippen molar-refractivity contribution in [2.45, 2.75) is 12.3 Å². The lowest BCUT2D eigenvalue weighted by molar-refractivity contribution is -0.117. The van der Waals surface area contributed by atoms with Crippen LogP contribution < -0.4 is 10.6 Å². The third kappa shape index (κ3) is 2.76. The van der Waals surface area contributed by atoms with Crippen LogP contribution in [0.5, 0.6) is 0 Å². The number of fused-ring (bicyclic) bond motifs is 1. The monoisotopic (exact) mass is 281 g/mol. The Morgan fingerprint density at radius 2 is 2.00 bits per heavy atom. The van der Waals surface area contributed by atoms with Crippen LogP contribution in [0.4, 0.5) is 5.69 Å². The average molecular weight is 281 g/mol. The lowest BCUT2D eigenvalue weighted by Gasteiger charge is -2.09. The number of amides is 2. The van der Waals surface area contributed by atoms with E-state index in [2.05, 4.69) is 15.6 Å². The zero-order valence-electron chi connectivity index (χ0n) is 11.4. The van der Waals surface area contributed by atoms with E-state index < -0.39 is 0 Å². The van der Waals surface area contributed by atoms with Gasteiger partial charge in [0.25, 0.3) is 5.91 Å². The third-order valence-electron chi connectivity index (χ3n) is 3.53. The Bertz CT molecular complexity index is 670. The van der Waals surface area contributed by atoms with Gasteiger partial charge in [-0.25, -0.2) is 0 Å². The second-order valence-electron chi connectivity index (χ2n) is 4.89. The molecule has 1 aliphatic heterocycles. The summed E-state index contributed by atoms with van der Waals surface area (Å²) in [6.07, 6.45) is 2.15. The molecular weight excluding hydrogens is 266 g/mol. The molecule has 3 rings (SSSR count). The van der Waals surface area contributed by atoms with Gasteiger partial charge in [-0.1, -0.05) is 24.3 Å². The highest BCUT2D eigenvalue weighted by molar-refractivity contribution is 6.02. The van der Waals surface area contributed by atoms with Gasteiger partial charge in [0.05, 0.1) is 5.92 Å². The highest BCUT2D eigenvalue weighted by Gasteiger charge is 2.29. The van der Waals surface area contributed by atoms with Crippen molar-refractivity contribution in [2.75, 3.05) is 11.9 Å². The Morgan fingerprint density at radius 3 is 2.81 bits per heavy atom. The quantitative estimate of drug-likeness (QED) is 0.899. The first kappa shape index (κ1) is 13.3. The Morgan fingerprint density at radius 1 is 1.19 bits per heavy atom. The molecule has 1 aromatic heterocycles. The Hall–Kier alpha value is -2.69. The van der Waals surface area contributed by atoms with Gasteiger partial charge < -0.3 is 10.6 Å². The molecular formula is C16H15N3O2. The molecule has 2 N–H and O–H groups in total. The lowest BCUT2D eigenvalue weighted by Crippen LogP contribution is -2.27. The summed E-state index contributed by atoms with van der Waals surface area (Å²) in [4.78, 5) is 27.8. The molecule has 5 heteroatoms. The molecule has 2 heterocycles.